The van der Waals surface area contributed by atoms with Gasteiger partial charge in [-0.05, 0) is 25.1 Å². The van der Waals surface area contributed by atoms with Crippen LogP contribution >= 0.6 is 0 Å². The number of nitrogens with two attached hydrogens (primary N) is 1. The third-order valence-corrected chi connectivity index (χ3v) is 2.53. The maximum Gasteiger partial charge on any atom is 0.172 e. The molecular weight excluding hydrogens is 206 g/mol. The quantitative estimate of drug-likeness (QED) is 0.686. The third kappa shape index (κ3) is 3.16. The van der Waals surface area contributed by atoms with Crippen LogP contribution in [-0.2, 0) is 15.9 Å². The molecule has 0 radical (unpaired) electrons. The molecule has 5 nitrogen and oxygen atoms in total. The Hall–Kier alpha value is -1.17. The van der Waals surface area contributed by atoms with Gasteiger partial charge in [-0.3, -0.25) is 0 Å². The van der Waals surface area contributed by atoms with Crippen LogP contribution in [0.5, 0.6) is 0 Å². The van der Waals surface area contributed by atoms with Gasteiger partial charge < -0.3 is 20.5 Å². The average molecular weight is 225 g/mol. The lowest BCUT2D eigenvalue weighted by Gasteiger charge is -2.24. The number of hydrogen-bond acceptors (Lipinski definition) is 5. The fourth-order valence-corrected chi connectivity index (χ4v) is 1.62. The van der Waals surface area contributed by atoms with E-state index in [1.165, 1.54) is 0 Å². The molecule has 3 N–H and O–H groups in total. The molecule has 16 heavy (non-hydrogen) atoms. The highest BCUT2D eigenvalue weighted by molar-refractivity contribution is 5.38. The zero-order chi connectivity index (χ0) is 12.0. The number of ether oxygens (including phenoxy) is 2. The second kappa shape index (κ2) is 6.42. The third-order valence-electron chi connectivity index (χ3n) is 2.53. The lowest BCUT2D eigenvalue weighted by molar-refractivity contribution is -0.121. The van der Waals surface area contributed by atoms with E-state index in [-0.39, 0.29) is 12.3 Å². The predicted octanol–water partition coefficient (Wildman–Crippen LogP) is 0.413. The van der Waals surface area contributed by atoms with Crippen LogP contribution in [0.15, 0.2) is 18.3 Å². The van der Waals surface area contributed by atoms with Gasteiger partial charge in [-0.1, -0.05) is 6.07 Å². The topological polar surface area (TPSA) is 69.4 Å². The van der Waals surface area contributed by atoms with Crippen molar-refractivity contribution in [3.8, 4) is 0 Å². The number of anilines is 1. The first-order chi connectivity index (χ1) is 7.72. The van der Waals surface area contributed by atoms with E-state index < -0.39 is 0 Å². The normalized spacial score (nSPS) is 13.0. The van der Waals surface area contributed by atoms with Gasteiger partial charge in [0.1, 0.15) is 5.82 Å². The van der Waals surface area contributed by atoms with E-state index in [1.54, 1.807) is 20.4 Å². The number of rotatable bonds is 6. The molecule has 5 heteroatoms. The molecule has 0 aliphatic carbocycles. The minimum atomic E-state index is -0.301. The number of nitrogens with zero attached hydrogens (tertiary/aromatic N) is 1. The molecule has 0 bridgehead atoms. The van der Waals surface area contributed by atoms with Crippen LogP contribution in [0, 0.1) is 0 Å². The molecule has 1 atom stereocenters. The molecule has 90 valence electrons. The van der Waals surface area contributed by atoms with Crippen LogP contribution in [0.3, 0.4) is 0 Å². The van der Waals surface area contributed by atoms with Crippen LogP contribution in [0.4, 0.5) is 5.82 Å². The van der Waals surface area contributed by atoms with E-state index >= 15 is 0 Å². The molecule has 0 aliphatic heterocycles. The second-order valence-corrected chi connectivity index (χ2v) is 3.49. The van der Waals surface area contributed by atoms with Crippen molar-refractivity contribution in [2.75, 3.05) is 27.0 Å². The van der Waals surface area contributed by atoms with Crippen molar-refractivity contribution in [3.63, 3.8) is 0 Å². The van der Waals surface area contributed by atoms with Gasteiger partial charge in [-0.2, -0.15) is 0 Å². The summed E-state index contributed by atoms with van der Waals surface area (Å²) in [5.74, 6) is 0.550. The number of aromatic nitrogens is 1. The summed E-state index contributed by atoms with van der Waals surface area (Å²) in [6.07, 6.45) is 2.09. The van der Waals surface area contributed by atoms with E-state index in [0.717, 1.165) is 5.56 Å². The molecule has 0 aromatic carbocycles. The minimum Gasteiger partial charge on any atom is -0.383 e. The van der Waals surface area contributed by atoms with Crippen LogP contribution in [0.1, 0.15) is 5.56 Å². The van der Waals surface area contributed by atoms with Crippen LogP contribution < -0.4 is 11.1 Å². The SMILES string of the molecule is CNC(Cc1cccnc1N)C(OC)OC. The van der Waals surface area contributed by atoms with Gasteiger partial charge in [0.25, 0.3) is 0 Å². The Bertz CT molecular complexity index is 316. The summed E-state index contributed by atoms with van der Waals surface area (Å²) >= 11 is 0. The van der Waals surface area contributed by atoms with Crippen molar-refractivity contribution in [2.24, 2.45) is 0 Å². The summed E-state index contributed by atoms with van der Waals surface area (Å²) in [4.78, 5) is 4.05. The number of nitrogen functional groups attached to an aromatic ring is 1. The van der Waals surface area contributed by atoms with Crippen molar-refractivity contribution in [1.29, 1.82) is 0 Å². The summed E-state index contributed by atoms with van der Waals surface area (Å²) in [6, 6.07) is 3.86. The fraction of sp³-hybridized carbons (Fsp3) is 0.545. The summed E-state index contributed by atoms with van der Waals surface area (Å²) in [5, 5.41) is 3.15. The highest BCUT2D eigenvalue weighted by Gasteiger charge is 2.20. The Morgan fingerprint density at radius 1 is 1.44 bits per heavy atom. The maximum atomic E-state index is 5.79. The number of nitrogens with one attached hydrogen (secondary N) is 1. The van der Waals surface area contributed by atoms with Gasteiger partial charge in [-0.15, -0.1) is 0 Å². The zero-order valence-electron chi connectivity index (χ0n) is 9.93. The molecule has 1 heterocycles. The summed E-state index contributed by atoms with van der Waals surface area (Å²) in [5.41, 5.74) is 6.77. The molecule has 0 saturated carbocycles. The van der Waals surface area contributed by atoms with Crippen molar-refractivity contribution >= 4 is 5.82 Å². The molecule has 0 amide bonds. The Morgan fingerprint density at radius 3 is 2.62 bits per heavy atom. The van der Waals surface area contributed by atoms with E-state index in [9.17, 15) is 0 Å². The minimum absolute atomic E-state index is 0.0431. The first-order valence-corrected chi connectivity index (χ1v) is 5.15. The van der Waals surface area contributed by atoms with Gasteiger partial charge in [0.2, 0.25) is 0 Å². The molecule has 0 aliphatic rings. The summed E-state index contributed by atoms with van der Waals surface area (Å²) in [6.45, 7) is 0. The van der Waals surface area contributed by atoms with Crippen LogP contribution in [-0.4, -0.2) is 38.6 Å². The van der Waals surface area contributed by atoms with Crippen LogP contribution in [0.25, 0.3) is 0 Å². The van der Waals surface area contributed by atoms with Crippen molar-refractivity contribution in [2.45, 2.75) is 18.8 Å². The smallest absolute Gasteiger partial charge is 0.172 e. The number of hydrogen-bond donors (Lipinski definition) is 2. The number of likely N-dealkylation sites (N-methyl/N-ethyl adjacent to an activating group) is 1. The molecule has 1 aromatic rings. The lowest BCUT2D eigenvalue weighted by atomic mass is 10.1. The van der Waals surface area contributed by atoms with Gasteiger partial charge in [0.15, 0.2) is 6.29 Å². The van der Waals surface area contributed by atoms with Crippen molar-refractivity contribution < 1.29 is 9.47 Å². The highest BCUT2D eigenvalue weighted by Crippen LogP contribution is 2.12. The molecule has 1 unspecified atom stereocenters. The highest BCUT2D eigenvalue weighted by atomic mass is 16.7. The number of methoxy groups -OCH3 is 2. The lowest BCUT2D eigenvalue weighted by Crippen LogP contribution is -2.41. The average Bonchev–Trinajstić information content (AvgIpc) is 2.31. The monoisotopic (exact) mass is 225 g/mol. The second-order valence-electron chi connectivity index (χ2n) is 3.49. The van der Waals surface area contributed by atoms with E-state index in [4.69, 9.17) is 15.2 Å². The first kappa shape index (κ1) is 12.9. The van der Waals surface area contributed by atoms with Gasteiger partial charge in [0, 0.05) is 20.4 Å². The van der Waals surface area contributed by atoms with Crippen molar-refractivity contribution in [3.05, 3.63) is 23.9 Å². The van der Waals surface area contributed by atoms with Crippen molar-refractivity contribution in [1.82, 2.24) is 10.3 Å². The zero-order valence-corrected chi connectivity index (χ0v) is 9.93. The van der Waals surface area contributed by atoms with E-state index in [0.29, 0.717) is 12.2 Å². The van der Waals surface area contributed by atoms with Gasteiger partial charge >= 0.3 is 0 Å². The molecule has 0 fully saturated rings. The largest absolute Gasteiger partial charge is 0.383 e. The van der Waals surface area contributed by atoms with Gasteiger partial charge in [0.05, 0.1) is 6.04 Å². The Labute approximate surface area is 96.0 Å². The predicted molar refractivity (Wildman–Crippen MR) is 63.0 cm³/mol. The molecule has 0 spiro atoms. The standard InChI is InChI=1S/C11H19N3O2/c1-13-9(11(15-2)16-3)7-8-5-4-6-14-10(8)12/h4-6,9,11,13H,7H2,1-3H3,(H2,12,14). The number of pyridine rings is 1. The Morgan fingerprint density at radius 2 is 2.12 bits per heavy atom. The fourth-order valence-electron chi connectivity index (χ4n) is 1.62. The summed E-state index contributed by atoms with van der Waals surface area (Å²) < 4.78 is 10.4. The van der Waals surface area contributed by atoms with Gasteiger partial charge in [-0.25, -0.2) is 4.98 Å². The first-order valence-electron chi connectivity index (χ1n) is 5.15. The Balaban J connectivity index is 2.73. The van der Waals surface area contributed by atoms with E-state index in [2.05, 4.69) is 10.3 Å². The molecule has 1 rings (SSSR count). The Kier molecular flexibility index (Phi) is 5.18. The summed E-state index contributed by atoms with van der Waals surface area (Å²) in [7, 11) is 5.10. The maximum absolute atomic E-state index is 5.79. The molecule has 0 saturated heterocycles. The molecular formula is C11H19N3O2. The van der Waals surface area contributed by atoms with Crippen LogP contribution in [0.2, 0.25) is 0 Å². The van der Waals surface area contributed by atoms with E-state index in [1.807, 2.05) is 19.2 Å². The molecule has 1 aromatic heterocycles.